The summed E-state index contributed by atoms with van der Waals surface area (Å²) >= 11 is 1.34. The molecule has 0 spiro atoms. The van der Waals surface area contributed by atoms with Gasteiger partial charge in [0.2, 0.25) is 11.8 Å². The molecule has 33 heavy (non-hydrogen) atoms. The summed E-state index contributed by atoms with van der Waals surface area (Å²) in [5, 5.41) is 38.1. The molecule has 190 valence electrons. The van der Waals surface area contributed by atoms with E-state index in [0.717, 1.165) is 0 Å². The van der Waals surface area contributed by atoms with Gasteiger partial charge in [-0.2, -0.15) is 11.8 Å². The molecule has 0 aliphatic rings. The lowest BCUT2D eigenvalue weighted by Crippen LogP contribution is -2.54. The van der Waals surface area contributed by atoms with E-state index in [0.29, 0.717) is 18.7 Å². The SMILES string of the molecule is CCN[C@@H](CCSC[C@H](NC(=O)[C@H](CCC(=O)O)NC)C(C)=O)C(=O)N[C@H](C(=O)O)[C@@H](C)O. The van der Waals surface area contributed by atoms with E-state index in [-0.39, 0.29) is 24.4 Å². The Morgan fingerprint density at radius 3 is 2.00 bits per heavy atom. The number of amides is 2. The lowest BCUT2D eigenvalue weighted by Gasteiger charge is -2.23. The lowest BCUT2D eigenvalue weighted by molar-refractivity contribution is -0.145. The number of aliphatic hydroxyl groups excluding tert-OH is 1. The third-order valence-electron chi connectivity index (χ3n) is 4.77. The number of Topliss-reactive ketones (excluding diaryl/α,β-unsaturated/α-hetero) is 1. The first kappa shape index (κ1) is 30.8. The van der Waals surface area contributed by atoms with Crippen LogP contribution in [0.5, 0.6) is 0 Å². The fourth-order valence-electron chi connectivity index (χ4n) is 2.82. The number of carbonyl (C=O) groups is 5. The summed E-state index contributed by atoms with van der Waals surface area (Å²) < 4.78 is 0. The summed E-state index contributed by atoms with van der Waals surface area (Å²) in [5.41, 5.74) is 0. The molecule has 0 aromatic rings. The molecule has 0 aromatic carbocycles. The molecule has 7 N–H and O–H groups in total. The number of nitrogens with one attached hydrogen (secondary N) is 4. The molecule has 0 aromatic heterocycles. The molecule has 0 aliphatic heterocycles. The average Bonchev–Trinajstić information content (AvgIpc) is 2.72. The van der Waals surface area contributed by atoms with Gasteiger partial charge in [-0.25, -0.2) is 4.79 Å². The molecule has 0 bridgehead atoms. The van der Waals surface area contributed by atoms with Crippen LogP contribution in [0.15, 0.2) is 0 Å². The van der Waals surface area contributed by atoms with Crippen LogP contribution in [0.25, 0.3) is 0 Å². The topological polar surface area (TPSA) is 194 Å². The van der Waals surface area contributed by atoms with Gasteiger partial charge in [0.1, 0.15) is 0 Å². The number of thioether (sulfide) groups is 1. The van der Waals surface area contributed by atoms with Crippen molar-refractivity contribution in [2.24, 2.45) is 0 Å². The molecule has 0 rings (SSSR count). The van der Waals surface area contributed by atoms with Crippen molar-refractivity contribution in [2.75, 3.05) is 25.1 Å². The monoisotopic (exact) mass is 492 g/mol. The maximum absolute atomic E-state index is 12.4. The number of aliphatic carboxylic acids is 2. The van der Waals surface area contributed by atoms with Crippen LogP contribution in [0, 0.1) is 0 Å². The van der Waals surface area contributed by atoms with Gasteiger partial charge in [-0.05, 0) is 46.0 Å². The maximum Gasteiger partial charge on any atom is 0.328 e. The molecule has 0 saturated carbocycles. The van der Waals surface area contributed by atoms with E-state index in [9.17, 15) is 29.1 Å². The predicted molar refractivity (Wildman–Crippen MR) is 123 cm³/mol. The molecule has 0 heterocycles. The minimum absolute atomic E-state index is 0.0821. The van der Waals surface area contributed by atoms with Gasteiger partial charge < -0.3 is 36.6 Å². The predicted octanol–water partition coefficient (Wildman–Crippen LogP) is -1.44. The van der Waals surface area contributed by atoms with Gasteiger partial charge in [0.05, 0.1) is 24.2 Å². The van der Waals surface area contributed by atoms with Crippen molar-refractivity contribution in [3.05, 3.63) is 0 Å². The largest absolute Gasteiger partial charge is 0.481 e. The summed E-state index contributed by atoms with van der Waals surface area (Å²) in [5.74, 6) is -2.96. The zero-order chi connectivity index (χ0) is 25.6. The van der Waals surface area contributed by atoms with Gasteiger partial charge in [-0.3, -0.25) is 19.2 Å². The number of ketones is 1. The zero-order valence-corrected chi connectivity index (χ0v) is 20.2. The Labute approximate surface area is 197 Å². The molecule has 0 aliphatic carbocycles. The third-order valence-corrected chi connectivity index (χ3v) is 5.86. The minimum atomic E-state index is -1.43. The summed E-state index contributed by atoms with van der Waals surface area (Å²) in [6.07, 6.45) is -1.05. The van der Waals surface area contributed by atoms with Gasteiger partial charge in [0, 0.05) is 12.2 Å². The highest BCUT2D eigenvalue weighted by molar-refractivity contribution is 7.99. The van der Waals surface area contributed by atoms with Gasteiger partial charge in [-0.1, -0.05) is 6.92 Å². The average molecular weight is 493 g/mol. The van der Waals surface area contributed by atoms with Crippen LogP contribution in [0.1, 0.15) is 40.0 Å². The highest BCUT2D eigenvalue weighted by atomic mass is 32.2. The molecule has 0 fully saturated rings. The molecule has 0 unspecified atom stereocenters. The lowest BCUT2D eigenvalue weighted by atomic mass is 10.1. The number of aliphatic hydroxyl groups is 1. The fourth-order valence-corrected chi connectivity index (χ4v) is 3.95. The Bertz CT molecular complexity index is 676. The molecule has 2 amide bonds. The van der Waals surface area contributed by atoms with Crippen molar-refractivity contribution < 1.29 is 39.3 Å². The van der Waals surface area contributed by atoms with E-state index >= 15 is 0 Å². The third kappa shape index (κ3) is 12.6. The van der Waals surface area contributed by atoms with E-state index in [1.807, 2.05) is 0 Å². The zero-order valence-electron chi connectivity index (χ0n) is 19.4. The molecule has 12 nitrogen and oxygen atoms in total. The number of carbonyl (C=O) groups excluding carboxylic acids is 3. The second-order valence-electron chi connectivity index (χ2n) is 7.48. The number of carboxylic acids is 2. The second kappa shape index (κ2) is 16.4. The van der Waals surface area contributed by atoms with Crippen molar-refractivity contribution in [1.82, 2.24) is 21.3 Å². The summed E-state index contributed by atoms with van der Waals surface area (Å²) in [6.45, 7) is 4.87. The van der Waals surface area contributed by atoms with E-state index in [2.05, 4.69) is 21.3 Å². The van der Waals surface area contributed by atoms with Crippen molar-refractivity contribution in [3.63, 3.8) is 0 Å². The Morgan fingerprint density at radius 2 is 1.55 bits per heavy atom. The number of likely N-dealkylation sites (N-methyl/N-ethyl adjacent to an activating group) is 2. The molecule has 13 heteroatoms. The van der Waals surface area contributed by atoms with Crippen LogP contribution in [-0.4, -0.2) is 100 Å². The van der Waals surface area contributed by atoms with Crippen molar-refractivity contribution in [1.29, 1.82) is 0 Å². The van der Waals surface area contributed by atoms with Gasteiger partial charge >= 0.3 is 11.9 Å². The number of hydrogen-bond acceptors (Lipinski definition) is 9. The highest BCUT2D eigenvalue weighted by Crippen LogP contribution is 2.10. The van der Waals surface area contributed by atoms with Crippen LogP contribution < -0.4 is 21.3 Å². The fraction of sp³-hybridized carbons (Fsp3) is 0.750. The second-order valence-corrected chi connectivity index (χ2v) is 8.63. The maximum atomic E-state index is 12.4. The smallest absolute Gasteiger partial charge is 0.328 e. The molecule has 5 atom stereocenters. The van der Waals surface area contributed by atoms with Gasteiger partial charge in [0.25, 0.3) is 0 Å². The molecular weight excluding hydrogens is 456 g/mol. The van der Waals surface area contributed by atoms with Gasteiger partial charge in [0.15, 0.2) is 11.8 Å². The summed E-state index contributed by atoms with van der Waals surface area (Å²) in [6, 6.07) is -3.64. The van der Waals surface area contributed by atoms with Crippen molar-refractivity contribution in [3.8, 4) is 0 Å². The summed E-state index contributed by atoms with van der Waals surface area (Å²) in [4.78, 5) is 58.7. The quantitative estimate of drug-likeness (QED) is 0.111. The van der Waals surface area contributed by atoms with Crippen molar-refractivity contribution >= 4 is 41.3 Å². The Hall–Kier alpha value is -2.22. The molecule has 0 saturated heterocycles. The van der Waals surface area contributed by atoms with E-state index < -0.39 is 54.0 Å². The van der Waals surface area contributed by atoms with Crippen LogP contribution in [0.4, 0.5) is 0 Å². The first-order chi connectivity index (χ1) is 15.4. The standard InChI is InChI=1S/C20H36N4O8S/c1-5-22-14(19(30)24-17(12(3)26)20(31)32)8-9-33-10-15(11(2)25)23-18(29)13(21-4)6-7-16(27)28/h12-15,17,21-22,26H,5-10H2,1-4H3,(H,23,29)(H,24,30)(H,27,28)(H,31,32)/t12-,13+,14+,15+,17+/m1/s1. The Kier molecular flexibility index (Phi) is 15.3. The van der Waals surface area contributed by atoms with Crippen LogP contribution in [-0.2, 0) is 24.0 Å². The van der Waals surface area contributed by atoms with E-state index in [4.69, 9.17) is 10.2 Å². The number of rotatable bonds is 18. The van der Waals surface area contributed by atoms with Crippen LogP contribution in [0.3, 0.4) is 0 Å². The van der Waals surface area contributed by atoms with E-state index in [1.54, 1.807) is 6.92 Å². The van der Waals surface area contributed by atoms with Crippen LogP contribution >= 0.6 is 11.8 Å². The van der Waals surface area contributed by atoms with Crippen LogP contribution in [0.2, 0.25) is 0 Å². The normalized spacial score (nSPS) is 15.5. The first-order valence-electron chi connectivity index (χ1n) is 10.7. The Morgan fingerprint density at radius 1 is 0.939 bits per heavy atom. The van der Waals surface area contributed by atoms with Gasteiger partial charge in [-0.15, -0.1) is 0 Å². The molecule has 0 radical (unpaired) electrons. The highest BCUT2D eigenvalue weighted by Gasteiger charge is 2.28. The minimum Gasteiger partial charge on any atom is -0.481 e. The van der Waals surface area contributed by atoms with E-state index in [1.165, 1.54) is 32.7 Å². The first-order valence-corrected chi connectivity index (χ1v) is 11.8. The van der Waals surface area contributed by atoms with Crippen molar-refractivity contribution in [2.45, 2.75) is 70.3 Å². The number of carboxylic acid groups (broad SMARTS) is 2. The Balaban J connectivity index is 4.80. The summed E-state index contributed by atoms with van der Waals surface area (Å²) in [7, 11) is 1.53. The molecular formula is C20H36N4O8S. The number of hydrogen-bond donors (Lipinski definition) is 7.